The van der Waals surface area contributed by atoms with E-state index in [1.165, 1.54) is 6.21 Å². The van der Waals surface area contributed by atoms with E-state index in [9.17, 15) is 9.90 Å². The Morgan fingerprint density at radius 1 is 1.35 bits per heavy atom. The Kier molecular flexibility index (Phi) is 6.50. The van der Waals surface area contributed by atoms with Gasteiger partial charge in [0, 0.05) is 15.5 Å². The van der Waals surface area contributed by atoms with Crippen LogP contribution in [-0.4, -0.2) is 23.0 Å². The first kappa shape index (κ1) is 17.4. The maximum Gasteiger partial charge on any atom is 0.244 e. The van der Waals surface area contributed by atoms with Gasteiger partial charge < -0.3 is 5.11 Å². The summed E-state index contributed by atoms with van der Waals surface area (Å²) in [4.78, 5) is 13.1. The van der Waals surface area contributed by atoms with Crippen LogP contribution in [0.3, 0.4) is 0 Å². The number of amides is 1. The number of carbonyl (C=O) groups is 1. The average molecular weight is 349 g/mol. The average Bonchev–Trinajstić information content (AvgIpc) is 2.52. The molecule has 0 heterocycles. The van der Waals surface area contributed by atoms with Crippen molar-refractivity contribution in [2.75, 3.05) is 5.75 Å². The zero-order valence-electron chi connectivity index (χ0n) is 12.6. The summed E-state index contributed by atoms with van der Waals surface area (Å²) >= 11 is 7.67. The number of hydrogen-bond donors (Lipinski definition) is 2. The highest BCUT2D eigenvalue weighted by molar-refractivity contribution is 7.99. The number of benzene rings is 2. The van der Waals surface area contributed by atoms with Gasteiger partial charge in [-0.05, 0) is 41.6 Å². The summed E-state index contributed by atoms with van der Waals surface area (Å²) in [6.45, 7) is 2.06. The highest BCUT2D eigenvalue weighted by atomic mass is 35.5. The lowest BCUT2D eigenvalue weighted by Gasteiger charge is -2.08. The van der Waals surface area contributed by atoms with Crippen molar-refractivity contribution in [2.45, 2.75) is 18.2 Å². The topological polar surface area (TPSA) is 61.7 Å². The summed E-state index contributed by atoms with van der Waals surface area (Å²) in [5.74, 6) is 0.792. The molecular weight excluding hydrogens is 332 g/mol. The fourth-order valence-electron chi connectivity index (χ4n) is 1.97. The first-order valence-corrected chi connectivity index (χ1v) is 8.47. The first-order valence-electron chi connectivity index (χ1n) is 7.11. The van der Waals surface area contributed by atoms with E-state index in [0.717, 1.165) is 16.2 Å². The monoisotopic (exact) mass is 348 g/mol. The number of aromatic hydroxyl groups is 1. The standard InChI is InChI=1S/C17H17ClN2O2S/c1-2-23-16-8-7-14(18)9-13(16)10-17(22)20-19-11-12-5-3-4-6-15(12)21/h3-9,11,21H,2,10H2,1H3,(H,20,22)/b19-11-. The van der Waals surface area contributed by atoms with E-state index in [2.05, 4.69) is 17.5 Å². The van der Waals surface area contributed by atoms with E-state index in [1.54, 1.807) is 42.1 Å². The number of carbonyl (C=O) groups excluding carboxylic acids is 1. The minimum Gasteiger partial charge on any atom is -0.507 e. The summed E-state index contributed by atoms with van der Waals surface area (Å²) in [5.41, 5.74) is 3.88. The van der Waals surface area contributed by atoms with Crippen molar-refractivity contribution in [3.63, 3.8) is 0 Å². The number of phenolic OH excluding ortho intramolecular Hbond substituents is 1. The van der Waals surface area contributed by atoms with Crippen LogP contribution in [0.4, 0.5) is 0 Å². The molecule has 2 aromatic rings. The second-order valence-corrected chi connectivity index (χ2v) is 6.46. The maximum atomic E-state index is 12.0. The van der Waals surface area contributed by atoms with Crippen LogP contribution in [0, 0.1) is 0 Å². The number of hydrazone groups is 1. The van der Waals surface area contributed by atoms with Crippen LogP contribution in [0.25, 0.3) is 0 Å². The third-order valence-electron chi connectivity index (χ3n) is 3.00. The van der Waals surface area contributed by atoms with Crippen LogP contribution in [-0.2, 0) is 11.2 Å². The molecule has 0 aliphatic rings. The molecule has 0 aliphatic heterocycles. The number of thioether (sulfide) groups is 1. The van der Waals surface area contributed by atoms with Crippen LogP contribution in [0.5, 0.6) is 5.75 Å². The quantitative estimate of drug-likeness (QED) is 0.473. The van der Waals surface area contributed by atoms with Gasteiger partial charge in [-0.3, -0.25) is 4.79 Å². The van der Waals surface area contributed by atoms with Gasteiger partial charge in [-0.2, -0.15) is 5.10 Å². The van der Waals surface area contributed by atoms with Crippen LogP contribution in [0.2, 0.25) is 5.02 Å². The van der Waals surface area contributed by atoms with Gasteiger partial charge in [-0.15, -0.1) is 11.8 Å². The fraction of sp³-hybridized carbons (Fsp3) is 0.176. The molecule has 6 heteroatoms. The molecule has 0 atom stereocenters. The fourth-order valence-corrected chi connectivity index (χ4v) is 2.95. The van der Waals surface area contributed by atoms with Crippen LogP contribution >= 0.6 is 23.4 Å². The largest absolute Gasteiger partial charge is 0.507 e. The Hall–Kier alpha value is -1.98. The predicted octanol–water partition coefficient (Wildman–Crippen LogP) is 3.85. The molecule has 2 aromatic carbocycles. The van der Waals surface area contributed by atoms with E-state index in [1.807, 2.05) is 12.1 Å². The summed E-state index contributed by atoms with van der Waals surface area (Å²) in [5, 5.41) is 14.1. The van der Waals surface area contributed by atoms with Crippen molar-refractivity contribution in [3.8, 4) is 5.75 Å². The maximum absolute atomic E-state index is 12.0. The molecule has 4 nitrogen and oxygen atoms in total. The van der Waals surface area contributed by atoms with Crippen molar-refractivity contribution in [1.29, 1.82) is 0 Å². The normalized spacial score (nSPS) is 10.9. The molecule has 2 N–H and O–H groups in total. The summed E-state index contributed by atoms with van der Waals surface area (Å²) in [6, 6.07) is 12.3. The molecule has 0 spiro atoms. The molecular formula is C17H17ClN2O2S. The highest BCUT2D eigenvalue weighted by Crippen LogP contribution is 2.26. The van der Waals surface area contributed by atoms with E-state index in [0.29, 0.717) is 10.6 Å². The molecule has 0 fully saturated rings. The van der Waals surface area contributed by atoms with Gasteiger partial charge in [0.1, 0.15) is 5.75 Å². The first-order chi connectivity index (χ1) is 11.1. The predicted molar refractivity (Wildman–Crippen MR) is 95.4 cm³/mol. The van der Waals surface area contributed by atoms with Crippen molar-refractivity contribution < 1.29 is 9.90 Å². The number of rotatable bonds is 6. The SMILES string of the molecule is CCSc1ccc(Cl)cc1CC(=O)N/N=C\c1ccccc1O. The highest BCUT2D eigenvalue weighted by Gasteiger charge is 2.08. The van der Waals surface area contributed by atoms with Crippen LogP contribution in [0.15, 0.2) is 52.5 Å². The lowest BCUT2D eigenvalue weighted by molar-refractivity contribution is -0.120. The second-order valence-electron chi connectivity index (χ2n) is 4.71. The van der Waals surface area contributed by atoms with E-state index < -0.39 is 0 Å². The van der Waals surface area contributed by atoms with Gasteiger partial charge in [-0.25, -0.2) is 5.43 Å². The molecule has 0 radical (unpaired) electrons. The Bertz CT molecular complexity index is 719. The molecule has 0 aliphatic carbocycles. The minimum absolute atomic E-state index is 0.113. The molecule has 0 aromatic heterocycles. The van der Waals surface area contributed by atoms with Gasteiger partial charge >= 0.3 is 0 Å². The Morgan fingerprint density at radius 2 is 2.13 bits per heavy atom. The van der Waals surface area contributed by atoms with Crippen LogP contribution < -0.4 is 5.43 Å². The summed E-state index contributed by atoms with van der Waals surface area (Å²) in [6.07, 6.45) is 1.61. The van der Waals surface area contributed by atoms with Gasteiger partial charge in [0.15, 0.2) is 0 Å². The molecule has 23 heavy (non-hydrogen) atoms. The zero-order valence-corrected chi connectivity index (χ0v) is 14.2. The van der Waals surface area contributed by atoms with Gasteiger partial charge in [-0.1, -0.05) is 30.7 Å². The minimum atomic E-state index is -0.239. The van der Waals surface area contributed by atoms with Gasteiger partial charge in [0.2, 0.25) is 5.91 Å². The molecule has 2 rings (SSSR count). The van der Waals surface area contributed by atoms with Gasteiger partial charge in [0.25, 0.3) is 0 Å². The lowest BCUT2D eigenvalue weighted by Crippen LogP contribution is -2.20. The zero-order chi connectivity index (χ0) is 16.7. The molecule has 120 valence electrons. The van der Waals surface area contributed by atoms with Crippen molar-refractivity contribution in [2.24, 2.45) is 5.10 Å². The number of nitrogens with one attached hydrogen (secondary N) is 1. The molecule has 0 saturated heterocycles. The van der Waals surface area contributed by atoms with Crippen molar-refractivity contribution >= 4 is 35.5 Å². The lowest BCUT2D eigenvalue weighted by atomic mass is 10.1. The number of nitrogens with zero attached hydrogens (tertiary/aromatic N) is 1. The molecule has 1 amide bonds. The number of para-hydroxylation sites is 1. The summed E-state index contributed by atoms with van der Waals surface area (Å²) < 4.78 is 0. The number of halogens is 1. The van der Waals surface area contributed by atoms with Crippen LogP contribution in [0.1, 0.15) is 18.1 Å². The number of hydrogen-bond acceptors (Lipinski definition) is 4. The van der Waals surface area contributed by atoms with Crippen molar-refractivity contribution in [3.05, 3.63) is 58.6 Å². The van der Waals surface area contributed by atoms with E-state index in [4.69, 9.17) is 11.6 Å². The third kappa shape index (κ3) is 5.30. The molecule has 0 bridgehead atoms. The molecule has 0 unspecified atom stereocenters. The summed E-state index contributed by atoms with van der Waals surface area (Å²) in [7, 11) is 0. The van der Waals surface area contributed by atoms with E-state index in [-0.39, 0.29) is 18.1 Å². The smallest absolute Gasteiger partial charge is 0.244 e. The second kappa shape index (κ2) is 8.60. The molecule has 0 saturated carbocycles. The number of phenols is 1. The van der Waals surface area contributed by atoms with Gasteiger partial charge in [0.05, 0.1) is 12.6 Å². The Balaban J connectivity index is 2.00. The third-order valence-corrected chi connectivity index (χ3v) is 4.24. The van der Waals surface area contributed by atoms with Crippen molar-refractivity contribution in [1.82, 2.24) is 5.43 Å². The van der Waals surface area contributed by atoms with E-state index >= 15 is 0 Å². The Labute approximate surface area is 144 Å². The Morgan fingerprint density at radius 3 is 2.87 bits per heavy atom.